The van der Waals surface area contributed by atoms with Gasteiger partial charge in [-0.25, -0.2) is 0 Å². The molecule has 6 nitrogen and oxygen atoms in total. The van der Waals surface area contributed by atoms with Crippen LogP contribution in [0.25, 0.3) is 6.08 Å². The van der Waals surface area contributed by atoms with Crippen LogP contribution >= 0.6 is 0 Å². The van der Waals surface area contributed by atoms with Gasteiger partial charge in [-0.2, -0.15) is 0 Å². The minimum Gasteiger partial charge on any atom is -0.448 e. The van der Waals surface area contributed by atoms with Gasteiger partial charge in [0.15, 0.2) is 11.5 Å². The van der Waals surface area contributed by atoms with Crippen LogP contribution in [0, 0.1) is 0 Å². The molecule has 2 N–H and O–H groups in total. The van der Waals surface area contributed by atoms with E-state index in [1.807, 2.05) is 6.07 Å². The first-order valence-electron chi connectivity index (χ1n) is 9.40. The first kappa shape index (κ1) is 18.1. The van der Waals surface area contributed by atoms with Crippen LogP contribution in [0.1, 0.15) is 41.6 Å². The fraction of sp³-hybridized carbons (Fsp3) is 0.273. The predicted octanol–water partition coefficient (Wildman–Crippen LogP) is 3.74. The summed E-state index contributed by atoms with van der Waals surface area (Å²) in [6, 6.07) is 12.4. The van der Waals surface area contributed by atoms with Crippen molar-refractivity contribution < 1.29 is 19.1 Å². The molecule has 0 radical (unpaired) electrons. The predicted molar refractivity (Wildman–Crippen MR) is 106 cm³/mol. The average molecular weight is 378 g/mol. The van der Waals surface area contributed by atoms with Crippen molar-refractivity contribution in [1.82, 2.24) is 5.32 Å². The van der Waals surface area contributed by atoms with E-state index in [4.69, 9.17) is 9.47 Å². The second-order valence-corrected chi connectivity index (χ2v) is 7.01. The molecule has 0 unspecified atom stereocenters. The van der Waals surface area contributed by atoms with Crippen LogP contribution in [-0.2, 0) is 4.79 Å². The van der Waals surface area contributed by atoms with E-state index in [2.05, 4.69) is 10.6 Å². The van der Waals surface area contributed by atoms with Gasteiger partial charge in [0, 0.05) is 43.3 Å². The van der Waals surface area contributed by atoms with Gasteiger partial charge in [-0.1, -0.05) is 12.1 Å². The second kappa shape index (κ2) is 7.38. The molecule has 1 heterocycles. The molecule has 6 heteroatoms. The zero-order chi connectivity index (χ0) is 19.6. The van der Waals surface area contributed by atoms with Crippen LogP contribution in [-0.4, -0.2) is 24.6 Å². The fourth-order valence-electron chi connectivity index (χ4n) is 3.54. The number of amides is 2. The van der Waals surface area contributed by atoms with E-state index in [-0.39, 0.29) is 11.8 Å². The first-order chi connectivity index (χ1) is 13.6. The number of carbonyl (C=O) groups is 2. The van der Waals surface area contributed by atoms with Crippen LogP contribution in [0.5, 0.6) is 11.5 Å². The van der Waals surface area contributed by atoms with Crippen molar-refractivity contribution in [2.75, 3.05) is 12.4 Å². The van der Waals surface area contributed by atoms with Crippen LogP contribution in [0.2, 0.25) is 0 Å². The standard InChI is InChI=1S/C22H22N2O4/c1-23-21(26)16-7-4-15(5-8-16)6-11-20(25)24-17-9-10-18-19(14-17)28-22(27-18)12-2-3-13-22/h4-11,14H,2-3,12-13H2,1H3,(H,23,26)(H,24,25)/b11-6+. The summed E-state index contributed by atoms with van der Waals surface area (Å²) in [5.41, 5.74) is 2.06. The molecule has 144 valence electrons. The van der Waals surface area contributed by atoms with Crippen molar-refractivity contribution in [3.05, 3.63) is 59.7 Å². The van der Waals surface area contributed by atoms with E-state index >= 15 is 0 Å². The normalized spacial score (nSPS) is 16.5. The third kappa shape index (κ3) is 3.71. The lowest BCUT2D eigenvalue weighted by molar-refractivity contribution is -0.111. The summed E-state index contributed by atoms with van der Waals surface area (Å²) < 4.78 is 12.0. The van der Waals surface area contributed by atoms with Crippen molar-refractivity contribution >= 4 is 23.6 Å². The molecule has 2 amide bonds. The molecule has 28 heavy (non-hydrogen) atoms. The Kier molecular flexibility index (Phi) is 4.77. The van der Waals surface area contributed by atoms with Gasteiger partial charge in [0.05, 0.1) is 0 Å². The maximum Gasteiger partial charge on any atom is 0.251 e. The highest BCUT2D eigenvalue weighted by molar-refractivity contribution is 6.02. The van der Waals surface area contributed by atoms with Gasteiger partial charge in [0.2, 0.25) is 5.91 Å². The number of nitrogens with one attached hydrogen (secondary N) is 2. The Hall–Kier alpha value is -3.28. The zero-order valence-electron chi connectivity index (χ0n) is 15.7. The molecule has 2 aromatic carbocycles. The number of hydrogen-bond donors (Lipinski definition) is 2. The van der Waals surface area contributed by atoms with Gasteiger partial charge < -0.3 is 20.1 Å². The molecule has 1 aliphatic carbocycles. The summed E-state index contributed by atoms with van der Waals surface area (Å²) in [5, 5.41) is 5.41. The summed E-state index contributed by atoms with van der Waals surface area (Å²) >= 11 is 0. The van der Waals surface area contributed by atoms with E-state index in [1.54, 1.807) is 49.5 Å². The lowest BCUT2D eigenvalue weighted by atomic mass is 10.1. The summed E-state index contributed by atoms with van der Waals surface area (Å²) in [7, 11) is 1.59. The van der Waals surface area contributed by atoms with Gasteiger partial charge in [-0.05, 0) is 48.7 Å². The highest BCUT2D eigenvalue weighted by Gasteiger charge is 2.44. The monoisotopic (exact) mass is 378 g/mol. The van der Waals surface area contributed by atoms with Crippen LogP contribution < -0.4 is 20.1 Å². The molecule has 2 aliphatic rings. The van der Waals surface area contributed by atoms with Gasteiger partial charge >= 0.3 is 0 Å². The Morgan fingerprint density at radius 2 is 1.71 bits per heavy atom. The largest absolute Gasteiger partial charge is 0.448 e. The highest BCUT2D eigenvalue weighted by Crippen LogP contribution is 2.47. The Morgan fingerprint density at radius 1 is 1.00 bits per heavy atom. The average Bonchev–Trinajstić information content (AvgIpc) is 3.31. The lowest BCUT2D eigenvalue weighted by Gasteiger charge is -2.21. The second-order valence-electron chi connectivity index (χ2n) is 7.01. The van der Waals surface area contributed by atoms with Gasteiger partial charge in [0.25, 0.3) is 11.7 Å². The topological polar surface area (TPSA) is 76.7 Å². The smallest absolute Gasteiger partial charge is 0.251 e. The quantitative estimate of drug-likeness (QED) is 0.795. The first-order valence-corrected chi connectivity index (χ1v) is 9.40. The summed E-state index contributed by atoms with van der Waals surface area (Å²) in [6.45, 7) is 0. The summed E-state index contributed by atoms with van der Waals surface area (Å²) in [5.74, 6) is 0.506. The van der Waals surface area contributed by atoms with E-state index < -0.39 is 5.79 Å². The minimum absolute atomic E-state index is 0.143. The maximum atomic E-state index is 12.2. The minimum atomic E-state index is -0.508. The lowest BCUT2D eigenvalue weighted by Crippen LogP contribution is -2.34. The molecule has 0 aromatic heterocycles. The third-order valence-electron chi connectivity index (χ3n) is 5.00. The highest BCUT2D eigenvalue weighted by atomic mass is 16.7. The number of benzene rings is 2. The van der Waals surface area contributed by atoms with E-state index in [9.17, 15) is 9.59 Å². The zero-order valence-corrected chi connectivity index (χ0v) is 15.7. The van der Waals surface area contributed by atoms with Crippen molar-refractivity contribution in [3.63, 3.8) is 0 Å². The van der Waals surface area contributed by atoms with Crippen molar-refractivity contribution in [2.45, 2.75) is 31.5 Å². The summed E-state index contributed by atoms with van der Waals surface area (Å²) in [6.07, 6.45) is 7.15. The Balaban J connectivity index is 1.38. The van der Waals surface area contributed by atoms with Crippen molar-refractivity contribution in [1.29, 1.82) is 0 Å². The van der Waals surface area contributed by atoms with Crippen LogP contribution in [0.4, 0.5) is 5.69 Å². The molecule has 1 saturated carbocycles. The Morgan fingerprint density at radius 3 is 2.43 bits per heavy atom. The van der Waals surface area contributed by atoms with E-state index in [0.717, 1.165) is 37.0 Å². The molecule has 4 rings (SSSR count). The number of fused-ring (bicyclic) bond motifs is 1. The number of hydrogen-bond acceptors (Lipinski definition) is 4. The van der Waals surface area contributed by atoms with Crippen LogP contribution in [0.3, 0.4) is 0 Å². The molecule has 0 bridgehead atoms. The maximum absolute atomic E-state index is 12.2. The molecular formula is C22H22N2O4. The van der Waals surface area contributed by atoms with Crippen molar-refractivity contribution in [2.24, 2.45) is 0 Å². The molecule has 1 spiro atoms. The molecule has 0 saturated heterocycles. The molecular weight excluding hydrogens is 356 g/mol. The number of anilines is 1. The van der Waals surface area contributed by atoms with Gasteiger partial charge in [-0.3, -0.25) is 9.59 Å². The summed E-state index contributed by atoms with van der Waals surface area (Å²) in [4.78, 5) is 23.8. The van der Waals surface area contributed by atoms with Gasteiger partial charge in [-0.15, -0.1) is 0 Å². The van der Waals surface area contributed by atoms with E-state index in [0.29, 0.717) is 17.0 Å². The molecule has 0 atom stereocenters. The fourth-order valence-corrected chi connectivity index (χ4v) is 3.54. The molecule has 1 aliphatic heterocycles. The SMILES string of the molecule is CNC(=O)c1ccc(/C=C/C(=O)Nc2ccc3c(c2)OC2(CCCC2)O3)cc1. The third-order valence-corrected chi connectivity index (χ3v) is 5.00. The molecule has 2 aromatic rings. The van der Waals surface area contributed by atoms with Crippen molar-refractivity contribution in [3.8, 4) is 11.5 Å². The van der Waals surface area contributed by atoms with Crippen LogP contribution in [0.15, 0.2) is 48.5 Å². The Labute approximate surface area is 163 Å². The number of carbonyl (C=O) groups excluding carboxylic acids is 2. The number of ether oxygens (including phenoxy) is 2. The Bertz CT molecular complexity index is 928. The molecule has 1 fully saturated rings. The number of rotatable bonds is 4. The van der Waals surface area contributed by atoms with Gasteiger partial charge in [0.1, 0.15) is 0 Å². The van der Waals surface area contributed by atoms with E-state index in [1.165, 1.54) is 6.08 Å².